The summed E-state index contributed by atoms with van der Waals surface area (Å²) in [5, 5.41) is 11.2. The number of phenols is 1. The van der Waals surface area contributed by atoms with Gasteiger partial charge in [-0.25, -0.2) is 0 Å². The van der Waals surface area contributed by atoms with E-state index < -0.39 is 0 Å². The number of benzene rings is 2. The van der Waals surface area contributed by atoms with Crippen molar-refractivity contribution in [2.45, 2.75) is 26.2 Å². The van der Waals surface area contributed by atoms with Gasteiger partial charge in [0.2, 0.25) is 5.91 Å². The number of nitrogens with one attached hydrogen (secondary N) is 1. The fourth-order valence-electron chi connectivity index (χ4n) is 3.97. The molecule has 1 saturated heterocycles. The summed E-state index contributed by atoms with van der Waals surface area (Å²) < 4.78 is 0. The molecule has 4 rings (SSSR count). The lowest BCUT2D eigenvalue weighted by molar-refractivity contribution is -0.131. The predicted octanol–water partition coefficient (Wildman–Crippen LogP) is 3.52. The molecule has 1 aromatic heterocycles. The summed E-state index contributed by atoms with van der Waals surface area (Å²) in [6.45, 7) is 6.03. The average Bonchev–Trinajstić information content (AvgIpc) is 3.16. The molecule has 1 fully saturated rings. The number of rotatable bonds is 4. The van der Waals surface area contributed by atoms with Crippen LogP contribution in [0, 0.1) is 0 Å². The number of aromatic nitrogens is 1. The number of aromatic hydroxyl groups is 1. The highest BCUT2D eigenvalue weighted by Crippen LogP contribution is 2.25. The van der Waals surface area contributed by atoms with Crippen LogP contribution in [0.2, 0.25) is 0 Å². The molecular weight excluding hydrogens is 378 g/mol. The Labute approximate surface area is 176 Å². The second-order valence-electron chi connectivity index (χ2n) is 8.14. The van der Waals surface area contributed by atoms with Crippen molar-refractivity contribution < 1.29 is 14.7 Å². The van der Waals surface area contributed by atoms with Crippen molar-refractivity contribution in [1.29, 1.82) is 0 Å². The molecule has 2 aromatic carbocycles. The number of aromatic amines is 1. The summed E-state index contributed by atoms with van der Waals surface area (Å²) in [6, 6.07) is 13.2. The van der Waals surface area contributed by atoms with Crippen LogP contribution < -0.4 is 0 Å². The number of piperazine rings is 1. The van der Waals surface area contributed by atoms with E-state index in [0.717, 1.165) is 22.0 Å². The summed E-state index contributed by atoms with van der Waals surface area (Å²) in [5.41, 5.74) is 3.37. The molecule has 6 heteroatoms. The number of phenolic OH excluding ortho intramolecular Hbond substituents is 1. The minimum atomic E-state index is -0.182. The van der Waals surface area contributed by atoms with Crippen molar-refractivity contribution >= 4 is 22.7 Å². The number of nitrogens with zero attached hydrogens (tertiary/aromatic N) is 2. The maximum Gasteiger partial charge on any atom is 0.257 e. The highest BCUT2D eigenvalue weighted by atomic mass is 16.3. The molecule has 30 heavy (non-hydrogen) atoms. The van der Waals surface area contributed by atoms with Crippen LogP contribution in [0.15, 0.2) is 48.7 Å². The molecule has 6 nitrogen and oxygen atoms in total. The Morgan fingerprint density at radius 1 is 1.03 bits per heavy atom. The molecule has 1 aliphatic rings. The molecule has 0 bridgehead atoms. The Kier molecular flexibility index (Phi) is 5.48. The molecule has 0 unspecified atom stereocenters. The minimum Gasteiger partial charge on any atom is -0.507 e. The number of hydrogen-bond donors (Lipinski definition) is 2. The molecule has 1 aliphatic heterocycles. The van der Waals surface area contributed by atoms with Crippen molar-refractivity contribution in [2.24, 2.45) is 0 Å². The fourth-order valence-corrected chi connectivity index (χ4v) is 3.97. The highest BCUT2D eigenvalue weighted by molar-refractivity contribution is 5.97. The first-order valence-corrected chi connectivity index (χ1v) is 10.4. The third-order valence-electron chi connectivity index (χ3n) is 5.85. The van der Waals surface area contributed by atoms with Crippen molar-refractivity contribution in [1.82, 2.24) is 14.8 Å². The van der Waals surface area contributed by atoms with Gasteiger partial charge in [0.25, 0.3) is 5.91 Å². The molecule has 2 amide bonds. The third-order valence-corrected chi connectivity index (χ3v) is 5.85. The van der Waals surface area contributed by atoms with Crippen LogP contribution in [0.25, 0.3) is 10.9 Å². The summed E-state index contributed by atoms with van der Waals surface area (Å²) in [4.78, 5) is 32.5. The van der Waals surface area contributed by atoms with Crippen molar-refractivity contribution in [3.63, 3.8) is 0 Å². The minimum absolute atomic E-state index is 0.00208. The molecule has 0 atom stereocenters. The summed E-state index contributed by atoms with van der Waals surface area (Å²) in [6.07, 6.45) is 2.24. The zero-order valence-corrected chi connectivity index (χ0v) is 17.4. The molecule has 3 aromatic rings. The second kappa shape index (κ2) is 8.22. The van der Waals surface area contributed by atoms with E-state index in [4.69, 9.17) is 0 Å². The predicted molar refractivity (Wildman–Crippen MR) is 117 cm³/mol. The second-order valence-corrected chi connectivity index (χ2v) is 8.14. The first-order valence-electron chi connectivity index (χ1n) is 10.4. The maximum atomic E-state index is 12.9. The monoisotopic (exact) mass is 405 g/mol. The Bertz CT molecular complexity index is 1080. The van der Waals surface area contributed by atoms with Crippen LogP contribution >= 0.6 is 0 Å². The normalized spacial score (nSPS) is 14.5. The SMILES string of the molecule is CC(C)c1ccc(O)c(C(=O)N2CCN(C(=O)Cc3c[nH]c4ccccc34)CC2)c1. The van der Waals surface area contributed by atoms with Crippen LogP contribution in [-0.2, 0) is 11.2 Å². The van der Waals surface area contributed by atoms with Gasteiger partial charge in [-0.05, 0) is 35.2 Å². The summed E-state index contributed by atoms with van der Waals surface area (Å²) in [7, 11) is 0. The van der Waals surface area contributed by atoms with Crippen LogP contribution in [-0.4, -0.2) is 57.9 Å². The van der Waals surface area contributed by atoms with Crippen molar-refractivity contribution in [2.75, 3.05) is 26.2 Å². The molecule has 0 radical (unpaired) electrons. The van der Waals surface area contributed by atoms with E-state index in [9.17, 15) is 14.7 Å². The van der Waals surface area contributed by atoms with Crippen molar-refractivity contribution in [3.05, 3.63) is 65.4 Å². The van der Waals surface area contributed by atoms with Gasteiger partial charge in [0, 0.05) is 43.3 Å². The van der Waals surface area contributed by atoms with E-state index in [1.807, 2.05) is 41.4 Å². The smallest absolute Gasteiger partial charge is 0.257 e. The number of H-pyrrole nitrogens is 1. The van der Waals surface area contributed by atoms with E-state index in [2.05, 4.69) is 18.8 Å². The molecule has 0 spiro atoms. The summed E-state index contributed by atoms with van der Waals surface area (Å²) >= 11 is 0. The lowest BCUT2D eigenvalue weighted by Crippen LogP contribution is -2.51. The number of para-hydroxylation sites is 1. The van der Waals surface area contributed by atoms with E-state index in [-0.39, 0.29) is 23.5 Å². The van der Waals surface area contributed by atoms with E-state index in [1.165, 1.54) is 0 Å². The van der Waals surface area contributed by atoms with Crippen LogP contribution in [0.5, 0.6) is 5.75 Å². The standard InChI is InChI=1S/C24H27N3O3/c1-16(2)17-7-8-22(28)20(13-17)24(30)27-11-9-26(10-12-27)23(29)14-18-15-25-21-6-4-3-5-19(18)21/h3-8,13,15-16,25,28H,9-12,14H2,1-2H3. The first-order chi connectivity index (χ1) is 14.4. The third kappa shape index (κ3) is 3.90. The van der Waals surface area contributed by atoms with Crippen molar-refractivity contribution in [3.8, 4) is 5.75 Å². The maximum absolute atomic E-state index is 12.9. The van der Waals surface area contributed by atoms with Gasteiger partial charge in [0.1, 0.15) is 5.75 Å². The van der Waals surface area contributed by atoms with Gasteiger partial charge >= 0.3 is 0 Å². The van der Waals surface area contributed by atoms with Gasteiger partial charge in [-0.3, -0.25) is 9.59 Å². The lowest BCUT2D eigenvalue weighted by Gasteiger charge is -2.35. The van der Waals surface area contributed by atoms with Crippen LogP contribution in [0.3, 0.4) is 0 Å². The molecular formula is C24H27N3O3. The van der Waals surface area contributed by atoms with Crippen LogP contribution in [0.1, 0.15) is 41.3 Å². The highest BCUT2D eigenvalue weighted by Gasteiger charge is 2.27. The first kappa shape index (κ1) is 20.0. The van der Waals surface area contributed by atoms with Gasteiger partial charge in [0.15, 0.2) is 0 Å². The number of carbonyl (C=O) groups excluding carboxylic acids is 2. The van der Waals surface area contributed by atoms with Crippen LogP contribution in [0.4, 0.5) is 0 Å². The topological polar surface area (TPSA) is 76.6 Å². The number of fused-ring (bicyclic) bond motifs is 1. The van der Waals surface area contributed by atoms with E-state index >= 15 is 0 Å². The Morgan fingerprint density at radius 2 is 1.73 bits per heavy atom. The molecule has 0 aliphatic carbocycles. The van der Waals surface area contributed by atoms with Gasteiger partial charge < -0.3 is 19.9 Å². The number of amides is 2. The Hall–Kier alpha value is -3.28. The zero-order chi connectivity index (χ0) is 21.3. The Balaban J connectivity index is 1.39. The van der Waals surface area contributed by atoms with Gasteiger partial charge in [-0.15, -0.1) is 0 Å². The van der Waals surface area contributed by atoms with Gasteiger partial charge in [-0.1, -0.05) is 38.1 Å². The molecule has 156 valence electrons. The number of carbonyl (C=O) groups is 2. The fraction of sp³-hybridized carbons (Fsp3) is 0.333. The Morgan fingerprint density at radius 3 is 2.47 bits per heavy atom. The number of hydrogen-bond acceptors (Lipinski definition) is 3. The zero-order valence-electron chi connectivity index (χ0n) is 17.4. The molecule has 0 saturated carbocycles. The van der Waals surface area contributed by atoms with E-state index in [0.29, 0.717) is 38.2 Å². The van der Waals surface area contributed by atoms with Gasteiger partial charge in [-0.2, -0.15) is 0 Å². The summed E-state index contributed by atoms with van der Waals surface area (Å²) in [5.74, 6) is 0.161. The van der Waals surface area contributed by atoms with E-state index in [1.54, 1.807) is 17.0 Å². The average molecular weight is 405 g/mol. The molecule has 2 heterocycles. The largest absolute Gasteiger partial charge is 0.507 e. The lowest BCUT2D eigenvalue weighted by atomic mass is 9.99. The molecule has 2 N–H and O–H groups in total. The van der Waals surface area contributed by atoms with Gasteiger partial charge in [0.05, 0.1) is 12.0 Å². The quantitative estimate of drug-likeness (QED) is 0.697.